The Morgan fingerprint density at radius 2 is 0.705 bits per heavy atom. The molecule has 10 atom stereocenters. The van der Waals surface area contributed by atoms with E-state index in [0.29, 0.717) is 66.5 Å². The third kappa shape index (κ3) is 106. The molecule has 0 aliphatic carbocycles. The van der Waals surface area contributed by atoms with Crippen molar-refractivity contribution in [2.45, 2.75) is 497 Å². The van der Waals surface area contributed by atoms with Gasteiger partial charge in [0.05, 0.1) is 158 Å². The van der Waals surface area contributed by atoms with Crippen molar-refractivity contribution in [2.24, 2.45) is 0 Å². The van der Waals surface area contributed by atoms with Gasteiger partial charge in [-0.05, 0) is 212 Å². The minimum absolute atomic E-state index is 0. The molecule has 1 heterocycles. The predicted molar refractivity (Wildman–Crippen MR) is 676 cm³/mol. The minimum atomic E-state index is -1.95. The third-order valence-electron chi connectivity index (χ3n) is 20.6. The van der Waals surface area contributed by atoms with E-state index in [4.69, 9.17) is 261 Å². The summed E-state index contributed by atoms with van der Waals surface area (Å²) in [6.45, 7) is 106. The molecule has 39 heteroatoms. The zero-order valence-electron chi connectivity index (χ0n) is 121. The van der Waals surface area contributed by atoms with Crippen LogP contribution in [0.15, 0.2) is 0 Å². The van der Waals surface area contributed by atoms with Crippen molar-refractivity contribution in [3.8, 4) is 49.4 Å². The first-order valence-corrected chi connectivity index (χ1v) is 77.2. The molecule has 0 saturated carbocycles. The summed E-state index contributed by atoms with van der Waals surface area (Å²) in [6, 6.07) is 0. The first kappa shape index (κ1) is 141. The molecule has 1 saturated heterocycles. The number of halogens is 13. The number of alkyl halides is 11. The van der Waals surface area contributed by atoms with Gasteiger partial charge in [0.25, 0.3) is 0 Å². The molecule has 0 bridgehead atoms. The van der Waals surface area contributed by atoms with Gasteiger partial charge in [0, 0.05) is 75.1 Å². The largest absolute Gasteiger partial charge is 1.00 e. The maximum atomic E-state index is 10.1. The number of aliphatic hydroxyl groups is 6. The number of aliphatic hydroxyl groups excluding tert-OH is 6. The van der Waals surface area contributed by atoms with Crippen molar-refractivity contribution in [3.05, 3.63) is 4.46 Å². The van der Waals surface area contributed by atoms with E-state index >= 15 is 0 Å². The van der Waals surface area contributed by atoms with Gasteiger partial charge >= 0.3 is 18.9 Å². The number of rotatable bonds is 37. The van der Waals surface area contributed by atoms with Crippen LogP contribution < -0.4 is 18.9 Å². The Kier molecular flexibility index (Phi) is 79.7. The van der Waals surface area contributed by atoms with Crippen LogP contribution in [0.1, 0.15) is 294 Å². The summed E-state index contributed by atoms with van der Waals surface area (Å²) in [6.07, 6.45) is 19.9. The van der Waals surface area contributed by atoms with Crippen molar-refractivity contribution < 1.29 is 145 Å². The van der Waals surface area contributed by atoms with Crippen LogP contribution in [0.25, 0.3) is 0 Å². The van der Waals surface area contributed by atoms with Gasteiger partial charge in [0.2, 0.25) is 0 Å². The summed E-state index contributed by atoms with van der Waals surface area (Å²) < 4.78 is 186. The van der Waals surface area contributed by atoms with E-state index in [2.05, 4.69) is 296 Å². The maximum Gasteiger partial charge on any atom is 1.00 e. The van der Waals surface area contributed by atoms with Crippen molar-refractivity contribution in [3.63, 3.8) is 0 Å². The van der Waals surface area contributed by atoms with Gasteiger partial charge in [-0.1, -0.05) is 231 Å². The van der Waals surface area contributed by atoms with Crippen molar-refractivity contribution in [2.75, 3.05) is 81.5 Å². The molecule has 0 aromatic carbocycles. The van der Waals surface area contributed by atoms with E-state index in [1.165, 1.54) is 7.11 Å². The van der Waals surface area contributed by atoms with Crippen LogP contribution in [0.4, 0.5) is 0 Å². The SMILES string of the molecule is C#C[C@@H](O)CC.C#C[C@@H](O)COC(C)(C)C.C#C[C@@H](O)COC(C)(C)C.C#C[C@H](CO)OCOC.CC(C)(C)OC[C@@H](CC(Cl)Cl)O[Si](C)(C)C.CC(C)(C)OC[C@@H](CI)O[Si](C)(C)C.CC(C)(C)OC[C@H](O)CC(Cl)(Cl)[Si](C)(C)C(C)(C)C.CC(C)(C)OC[C@H](O)CC(Cl)(Cl)[Si](C)(C)C(C)(C)C.CC(C)(C)[Si](C)(C)C(Cl)Cl.CC(C)(C)[Si](C)(C)[C-](Cl)Cl.CC[C@@H](CI)O[Si](C)(C)C.ClC[C@@H]1CO1.[2HH].[2HH].[2HH].[2H][2H].[2H][2H].[2H][2H].[2H][2H].[2H][2H].[2H][2H].[2H][2H].[2H][2H].[2H][2H].[2H][2H].[2H][2H].[2H][2H].[Li+]. The smallest absolute Gasteiger partial charge is 0.414 e. The second-order valence-electron chi connectivity index (χ2n) is 48.7. The molecule has 0 radical (unpaired) electrons. The van der Waals surface area contributed by atoms with E-state index in [1.54, 1.807) is 0 Å². The number of hydrogen-bond acceptors (Lipinski definition) is 18. The standard InChI is InChI=1S/2C14H30Cl2O2Si.C11H24Cl2O2Si.C10H23IO2Si.2C8H14O2.C7H16Cl2Si.C7H15Cl2Si.C7H17IOSi.C6H10O3.C5H8O.C3H5ClO.Li.15H2/c2*1-12(2,3)18-10-11(17)9-14(15,16)19(7,8)13(4,5)6;1-11(2,3)14-8-9(7-10(12)13)15-16(4,5)6;1-10(2,3)12-8-9(7-11)13-14(4,5)6;2*1-5-7(9)6-10-8(2,3)4;2*1-7(2,3)10(4,5)6(8)9;1-5-7(6-8)9-10(2,3)4;1-3-6(4-7)9-5-8-2;1-3-5(6)4-2;4-1-3-2-5-3;;;;;;;;;;;;;;;;/h2*11,17H,9-10H2,1-8H3;9-10H,7-8H2,1-6H3;9H,7-8H2,1-6H3;2*1,7,9H,6H2,2-4H3;6H,1-5H3;1-5H3;7H,5-6H2,1-4H3;1,6-7H,4-5H2,2H3;1,5-6H,4H2,2H3;3H,1-2H2;;15*1H/q;;;;;;;-1;;;;;+1;;;;;;;;;;;;;;;/t2*11-;2*9-;2*7-;;;7-;6-;5-;3-;;;;;;;;;;;;;;;;/m111111..0111................/s1/i;;;;;;;;;;;;;12*1+1D;3*1+1. The molecule has 0 unspecified atom stereocenters. The number of terminal acetylenes is 4. The summed E-state index contributed by atoms with van der Waals surface area (Å²) in [7, 11) is -9.68. The van der Waals surface area contributed by atoms with Gasteiger partial charge in [0.15, 0.2) is 25.0 Å². The second-order valence-corrected chi connectivity index (χ2v) is 95.1. The summed E-state index contributed by atoms with van der Waals surface area (Å²) in [5, 5.41) is 55.5. The Balaban J connectivity index is -0.0000000503. The Labute approximate surface area is 999 Å². The molecule has 0 spiro atoms. The number of hydrogen-bond donors (Lipinski definition) is 6. The molecule has 1 aliphatic rings. The van der Waals surface area contributed by atoms with Crippen LogP contribution >= 0.6 is 173 Å². The molecule has 6 N–H and O–H groups in total. The molecule has 0 amide bonds. The summed E-state index contributed by atoms with van der Waals surface area (Å²) in [5.41, 5.74) is -1.20. The average molecular weight is 2600 g/mol. The molecule has 1 fully saturated rings. The Hall–Kier alpha value is 4.29. The van der Waals surface area contributed by atoms with E-state index in [1.807, 2.05) is 111 Å². The van der Waals surface area contributed by atoms with Crippen molar-refractivity contribution in [1.82, 2.24) is 0 Å². The van der Waals surface area contributed by atoms with Crippen LogP contribution in [0, 0.1) is 53.8 Å². The second kappa shape index (κ2) is 78.4. The molecular formula is C100H236Cl11I2LiO18Si7. The first-order chi connectivity index (χ1) is 72.7. The molecule has 864 valence electrons. The average Bonchev–Trinajstić information content (AvgIpc) is 1.07. The van der Waals surface area contributed by atoms with Crippen LogP contribution in [0.5, 0.6) is 0 Å². The van der Waals surface area contributed by atoms with E-state index in [-0.39, 0.29) is 128 Å². The zero-order valence-corrected chi connectivity index (χ0v) is 116. The monoisotopic (exact) mass is 2590 g/mol. The molecule has 0 aromatic heterocycles. The molecule has 18 nitrogen and oxygen atoms in total. The van der Waals surface area contributed by atoms with E-state index in [0.717, 1.165) is 21.9 Å². The van der Waals surface area contributed by atoms with Gasteiger partial charge in [0.1, 0.15) is 44.0 Å². The molecular weight excluding hydrogens is 2340 g/mol. The van der Waals surface area contributed by atoms with Crippen molar-refractivity contribution >= 4 is 230 Å². The van der Waals surface area contributed by atoms with Gasteiger partial charge in [-0.25, -0.2) is 0 Å². The quantitative estimate of drug-likeness (QED) is 0.00645. The Bertz CT molecular complexity index is 3140. The van der Waals surface area contributed by atoms with Gasteiger partial charge < -0.3 is 110 Å². The fourth-order valence-electron chi connectivity index (χ4n) is 7.82. The predicted octanol–water partition coefficient (Wildman–Crippen LogP) is 31.0. The van der Waals surface area contributed by atoms with E-state index in [9.17, 15) is 10.2 Å². The molecule has 1 aliphatic heterocycles. The summed E-state index contributed by atoms with van der Waals surface area (Å²) in [5.74, 6) is 9.41. The Morgan fingerprint density at radius 3 is 0.856 bits per heavy atom. The minimum Gasteiger partial charge on any atom is -0.414 e. The van der Waals surface area contributed by atoms with Gasteiger partial charge in [-0.3, -0.25) is 0 Å². The van der Waals surface area contributed by atoms with Crippen molar-refractivity contribution in [1.29, 1.82) is 0 Å². The summed E-state index contributed by atoms with van der Waals surface area (Å²) >= 11 is 71.2. The molecule has 1 rings (SSSR count). The third-order valence-corrected chi connectivity index (χ3v) is 60.0. The van der Waals surface area contributed by atoms with Gasteiger partial charge in [-0.15, -0.1) is 135 Å². The van der Waals surface area contributed by atoms with E-state index < -0.39 is 107 Å². The molecule has 139 heavy (non-hydrogen) atoms. The van der Waals surface area contributed by atoms with Crippen LogP contribution in [-0.2, 0) is 55.9 Å². The Morgan fingerprint density at radius 1 is 0.432 bits per heavy atom. The number of ether oxygens (including phenoxy) is 9. The fourth-order valence-corrected chi connectivity index (χ4v) is 26.6. The number of methoxy groups -OCH3 is 1. The van der Waals surface area contributed by atoms with Crippen LogP contribution in [0.2, 0.25) is 131 Å². The van der Waals surface area contributed by atoms with Gasteiger partial charge in [-0.2, -0.15) is 0 Å². The fraction of sp³-hybridized carbons (Fsp3) is 0.910. The topological polar surface area (TPSA) is 235 Å². The maximum absolute atomic E-state index is 10.1. The molecule has 0 aromatic rings. The first-order valence-electron chi connectivity index (χ1n) is 59.3. The summed E-state index contributed by atoms with van der Waals surface area (Å²) in [4.78, 5) is -0.398. The van der Waals surface area contributed by atoms with Crippen LogP contribution in [0.3, 0.4) is 0 Å². The number of epoxide rings is 1. The normalized spacial score (nSPS) is 16.4. The van der Waals surface area contributed by atoms with Crippen LogP contribution in [-0.4, -0.2) is 281 Å². The zero-order chi connectivity index (χ0) is 137.